The third-order valence-corrected chi connectivity index (χ3v) is 3.99. The summed E-state index contributed by atoms with van der Waals surface area (Å²) in [5.74, 6) is 0. The fourth-order valence-electron chi connectivity index (χ4n) is 2.46. The molecule has 0 amide bonds. The van der Waals surface area contributed by atoms with E-state index in [1.165, 1.54) is 5.56 Å². The molecule has 22 heavy (non-hydrogen) atoms. The van der Waals surface area contributed by atoms with Gasteiger partial charge in [-0.1, -0.05) is 59.3 Å². The Kier molecular flexibility index (Phi) is 4.22. The molecule has 5 heteroatoms. The minimum absolute atomic E-state index is 0.172. The van der Waals surface area contributed by atoms with Crippen LogP contribution >= 0.6 is 11.6 Å². The van der Waals surface area contributed by atoms with Gasteiger partial charge in [0.1, 0.15) is 5.69 Å². The molecule has 2 aromatic carbocycles. The highest BCUT2D eigenvalue weighted by molar-refractivity contribution is 6.33. The zero-order valence-electron chi connectivity index (χ0n) is 12.2. The van der Waals surface area contributed by atoms with Crippen LogP contribution < -0.4 is 0 Å². The van der Waals surface area contributed by atoms with Gasteiger partial charge in [-0.3, -0.25) is 0 Å². The van der Waals surface area contributed by atoms with E-state index in [1.807, 2.05) is 36.4 Å². The van der Waals surface area contributed by atoms with Crippen LogP contribution in [0.2, 0.25) is 5.02 Å². The molecule has 0 aliphatic rings. The Labute approximate surface area is 134 Å². The molecule has 0 spiro atoms. The highest BCUT2D eigenvalue weighted by Crippen LogP contribution is 2.30. The highest BCUT2D eigenvalue weighted by atomic mass is 35.5. The third kappa shape index (κ3) is 2.75. The Balaban J connectivity index is 2.09. The maximum atomic E-state index is 9.55. The lowest BCUT2D eigenvalue weighted by atomic mass is 10.1. The smallest absolute Gasteiger partial charge is 0.116 e. The average molecular weight is 314 g/mol. The van der Waals surface area contributed by atoms with Crippen LogP contribution in [0.4, 0.5) is 0 Å². The lowest BCUT2D eigenvalue weighted by Crippen LogP contribution is -2.06. The maximum absolute atomic E-state index is 9.55. The molecule has 0 fully saturated rings. The summed E-state index contributed by atoms with van der Waals surface area (Å²) >= 11 is 6.30. The van der Waals surface area contributed by atoms with E-state index in [-0.39, 0.29) is 6.61 Å². The summed E-state index contributed by atoms with van der Waals surface area (Å²) in [6.45, 7) is 2.48. The number of rotatable bonds is 4. The summed E-state index contributed by atoms with van der Waals surface area (Å²) in [6.07, 6.45) is 0. The second-order valence-electron chi connectivity index (χ2n) is 5.11. The molecule has 0 unspecified atom stereocenters. The molecule has 3 rings (SSSR count). The molecule has 0 saturated heterocycles. The Morgan fingerprint density at radius 3 is 2.55 bits per heavy atom. The van der Waals surface area contributed by atoms with E-state index < -0.39 is 0 Å². The minimum Gasteiger partial charge on any atom is -0.390 e. The van der Waals surface area contributed by atoms with E-state index in [9.17, 15) is 5.11 Å². The van der Waals surface area contributed by atoms with E-state index in [1.54, 1.807) is 4.68 Å². The number of hydrogen-bond acceptors (Lipinski definition) is 3. The van der Waals surface area contributed by atoms with Crippen LogP contribution in [0.3, 0.4) is 0 Å². The summed E-state index contributed by atoms with van der Waals surface area (Å²) in [6, 6.07) is 15.7. The van der Waals surface area contributed by atoms with E-state index in [0.717, 1.165) is 16.8 Å². The summed E-state index contributed by atoms with van der Waals surface area (Å²) in [7, 11) is 0. The molecule has 0 aliphatic heterocycles. The molecule has 1 aromatic heterocycles. The van der Waals surface area contributed by atoms with Gasteiger partial charge in [-0.2, -0.15) is 0 Å². The van der Waals surface area contributed by atoms with Crippen molar-refractivity contribution in [2.24, 2.45) is 0 Å². The number of aliphatic hydroxyl groups excluding tert-OH is 1. The first-order valence-corrected chi connectivity index (χ1v) is 7.41. The summed E-state index contributed by atoms with van der Waals surface area (Å²) in [4.78, 5) is 0. The molecule has 112 valence electrons. The molecule has 0 bridgehead atoms. The molecule has 0 aliphatic carbocycles. The first-order chi connectivity index (χ1) is 10.7. The Bertz CT molecular complexity index is 798. The van der Waals surface area contributed by atoms with Gasteiger partial charge in [0.05, 0.1) is 23.9 Å². The standard InChI is InChI=1S/C17H16ClN3O/c1-12-6-2-3-7-13(12)10-21-17(16(11-22)19-20-21)14-8-4-5-9-15(14)18/h2-9,22H,10-11H2,1H3. The van der Waals surface area contributed by atoms with Gasteiger partial charge in [-0.05, 0) is 24.1 Å². The van der Waals surface area contributed by atoms with Crippen molar-refractivity contribution in [3.05, 3.63) is 70.4 Å². The van der Waals surface area contributed by atoms with Gasteiger partial charge >= 0.3 is 0 Å². The third-order valence-electron chi connectivity index (χ3n) is 3.66. The summed E-state index contributed by atoms with van der Waals surface area (Å²) in [5.41, 5.74) is 4.46. The SMILES string of the molecule is Cc1ccccc1Cn1nnc(CO)c1-c1ccccc1Cl. The van der Waals surface area contributed by atoms with Crippen molar-refractivity contribution >= 4 is 11.6 Å². The minimum atomic E-state index is -0.172. The predicted molar refractivity (Wildman–Crippen MR) is 86.7 cm³/mol. The zero-order valence-corrected chi connectivity index (χ0v) is 13.0. The van der Waals surface area contributed by atoms with Crippen molar-refractivity contribution in [1.82, 2.24) is 15.0 Å². The first-order valence-electron chi connectivity index (χ1n) is 7.03. The quantitative estimate of drug-likeness (QED) is 0.802. The van der Waals surface area contributed by atoms with E-state index >= 15 is 0 Å². The molecule has 1 heterocycles. The second-order valence-corrected chi connectivity index (χ2v) is 5.51. The van der Waals surface area contributed by atoms with Gasteiger partial charge in [-0.15, -0.1) is 5.10 Å². The zero-order chi connectivity index (χ0) is 15.5. The largest absolute Gasteiger partial charge is 0.390 e. The maximum Gasteiger partial charge on any atom is 0.116 e. The van der Waals surface area contributed by atoms with Gasteiger partial charge < -0.3 is 5.11 Å². The molecule has 1 N–H and O–H groups in total. The van der Waals surface area contributed by atoms with Crippen molar-refractivity contribution in [3.8, 4) is 11.3 Å². The second kappa shape index (κ2) is 6.30. The van der Waals surface area contributed by atoms with Crippen LogP contribution in [0.1, 0.15) is 16.8 Å². The normalized spacial score (nSPS) is 10.9. The number of aliphatic hydroxyl groups is 1. The van der Waals surface area contributed by atoms with Crippen molar-refractivity contribution in [3.63, 3.8) is 0 Å². The van der Waals surface area contributed by atoms with Crippen LogP contribution in [0, 0.1) is 6.92 Å². The van der Waals surface area contributed by atoms with Crippen molar-refractivity contribution in [2.75, 3.05) is 0 Å². The fourth-order valence-corrected chi connectivity index (χ4v) is 2.69. The number of halogens is 1. The van der Waals surface area contributed by atoms with Crippen LogP contribution in [0.15, 0.2) is 48.5 Å². The van der Waals surface area contributed by atoms with Crippen LogP contribution in [-0.2, 0) is 13.2 Å². The number of hydrogen-bond donors (Lipinski definition) is 1. The van der Waals surface area contributed by atoms with Crippen LogP contribution in [0.25, 0.3) is 11.3 Å². The fraction of sp³-hybridized carbons (Fsp3) is 0.176. The van der Waals surface area contributed by atoms with Crippen LogP contribution in [-0.4, -0.2) is 20.1 Å². The number of benzene rings is 2. The van der Waals surface area contributed by atoms with E-state index in [2.05, 4.69) is 29.4 Å². The molecule has 0 atom stereocenters. The highest BCUT2D eigenvalue weighted by Gasteiger charge is 2.17. The lowest BCUT2D eigenvalue weighted by Gasteiger charge is -2.11. The number of nitrogens with zero attached hydrogens (tertiary/aromatic N) is 3. The molecule has 3 aromatic rings. The number of aromatic nitrogens is 3. The monoisotopic (exact) mass is 313 g/mol. The van der Waals surface area contributed by atoms with E-state index in [4.69, 9.17) is 11.6 Å². The Hall–Kier alpha value is -2.17. The average Bonchev–Trinajstić information content (AvgIpc) is 2.93. The predicted octanol–water partition coefficient (Wildman–Crippen LogP) is 3.45. The Morgan fingerprint density at radius 1 is 1.09 bits per heavy atom. The topological polar surface area (TPSA) is 50.9 Å². The van der Waals surface area contributed by atoms with Gasteiger partial charge in [0.2, 0.25) is 0 Å². The molecule has 0 radical (unpaired) electrons. The number of aryl methyl sites for hydroxylation is 1. The lowest BCUT2D eigenvalue weighted by molar-refractivity contribution is 0.277. The summed E-state index contributed by atoms with van der Waals surface area (Å²) < 4.78 is 1.79. The first kappa shape index (κ1) is 14.8. The van der Waals surface area contributed by atoms with Crippen LogP contribution in [0.5, 0.6) is 0 Å². The van der Waals surface area contributed by atoms with Gasteiger partial charge in [0, 0.05) is 5.56 Å². The van der Waals surface area contributed by atoms with Crippen molar-refractivity contribution in [1.29, 1.82) is 0 Å². The Morgan fingerprint density at radius 2 is 1.82 bits per heavy atom. The van der Waals surface area contributed by atoms with Gasteiger partial charge in [0.25, 0.3) is 0 Å². The molecule has 4 nitrogen and oxygen atoms in total. The van der Waals surface area contributed by atoms with Crippen molar-refractivity contribution in [2.45, 2.75) is 20.1 Å². The summed E-state index contributed by atoms with van der Waals surface area (Å²) in [5, 5.41) is 18.4. The molecule has 0 saturated carbocycles. The van der Waals surface area contributed by atoms with Crippen molar-refractivity contribution < 1.29 is 5.11 Å². The molecular formula is C17H16ClN3O. The van der Waals surface area contributed by atoms with Gasteiger partial charge in [-0.25, -0.2) is 4.68 Å². The molecular weight excluding hydrogens is 298 g/mol. The van der Waals surface area contributed by atoms with E-state index in [0.29, 0.717) is 17.3 Å². The van der Waals surface area contributed by atoms with Gasteiger partial charge in [0.15, 0.2) is 0 Å².